The van der Waals surface area contributed by atoms with Crippen molar-refractivity contribution in [1.82, 2.24) is 4.72 Å². The van der Waals surface area contributed by atoms with Gasteiger partial charge in [-0.05, 0) is 63.6 Å². The van der Waals surface area contributed by atoms with Gasteiger partial charge in [0.05, 0.1) is 13.2 Å². The molecule has 0 bridgehead atoms. The van der Waals surface area contributed by atoms with Crippen molar-refractivity contribution in [2.24, 2.45) is 0 Å². The second kappa shape index (κ2) is 14.3. The summed E-state index contributed by atoms with van der Waals surface area (Å²) in [6.45, 7) is 7.09. The van der Waals surface area contributed by atoms with Crippen LogP contribution in [0.15, 0.2) is 18.7 Å². The zero-order valence-corrected chi connectivity index (χ0v) is 23.2. The van der Waals surface area contributed by atoms with Crippen LogP contribution in [0.3, 0.4) is 0 Å². The number of fused-ring (bicyclic) bond motifs is 1. The van der Waals surface area contributed by atoms with Gasteiger partial charge in [0, 0.05) is 7.11 Å². The predicted octanol–water partition coefficient (Wildman–Crippen LogP) is 3.40. The number of rotatable bonds is 13. The Kier molecular flexibility index (Phi) is 11.8. The van der Waals surface area contributed by atoms with Gasteiger partial charge in [0.2, 0.25) is 0 Å². The molecule has 0 radical (unpaired) electrons. The second-order valence-corrected chi connectivity index (χ2v) is 11.1. The van der Waals surface area contributed by atoms with Gasteiger partial charge in [-0.25, -0.2) is 18.2 Å². The first-order valence-electron chi connectivity index (χ1n) is 12.2. The van der Waals surface area contributed by atoms with Crippen molar-refractivity contribution in [2.45, 2.75) is 58.5 Å². The van der Waals surface area contributed by atoms with Crippen LogP contribution < -0.4 is 13.8 Å². The molecule has 214 valence electrons. The number of carbonyl (C=O) groups is 2. The van der Waals surface area contributed by atoms with Gasteiger partial charge in [-0.15, -0.1) is 0 Å². The molecule has 11 nitrogen and oxygen atoms in total. The lowest BCUT2D eigenvalue weighted by Gasteiger charge is -2.28. The first kappa shape index (κ1) is 31.3. The second-order valence-electron chi connectivity index (χ2n) is 9.49. The highest BCUT2D eigenvalue weighted by Gasteiger charge is 2.35. The Balaban J connectivity index is 2.60. The van der Waals surface area contributed by atoms with E-state index in [1.165, 1.54) is 13.2 Å². The zero-order valence-electron chi connectivity index (χ0n) is 22.3. The van der Waals surface area contributed by atoms with Crippen LogP contribution >= 0.6 is 0 Å². The number of esters is 1. The fraction of sp³-hybridized carbons (Fsp3) is 0.600. The summed E-state index contributed by atoms with van der Waals surface area (Å²) >= 11 is 0. The molecule has 0 unspecified atom stereocenters. The Morgan fingerprint density at radius 1 is 1.18 bits per heavy atom. The summed E-state index contributed by atoms with van der Waals surface area (Å²) in [7, 11) is -3.39. The fourth-order valence-electron chi connectivity index (χ4n) is 3.74. The van der Waals surface area contributed by atoms with Crippen LogP contribution in [0.5, 0.6) is 5.75 Å². The van der Waals surface area contributed by atoms with E-state index in [0.717, 1.165) is 12.8 Å². The Labute approximate surface area is 223 Å². The SMILES string of the molecule is C=CCOC(=O)NS(=O)(=O)N(CC(=O)OC(C)(C)C)c1c(OCOCCOC)cc2c(c1F)CCCCC2. The number of amides is 1. The number of benzene rings is 1. The van der Waals surface area contributed by atoms with Crippen molar-refractivity contribution in [2.75, 3.05) is 44.6 Å². The molecule has 1 aliphatic carbocycles. The smallest absolute Gasteiger partial charge is 0.422 e. The van der Waals surface area contributed by atoms with Crippen molar-refractivity contribution < 1.29 is 46.1 Å². The monoisotopic (exact) mass is 560 g/mol. The molecule has 0 fully saturated rings. The molecule has 0 aliphatic heterocycles. The summed E-state index contributed by atoms with van der Waals surface area (Å²) in [5, 5.41) is 0. The van der Waals surface area contributed by atoms with Crippen molar-refractivity contribution in [3.8, 4) is 5.75 Å². The molecule has 13 heteroatoms. The Bertz CT molecular complexity index is 1090. The van der Waals surface area contributed by atoms with Gasteiger partial charge < -0.3 is 23.7 Å². The van der Waals surface area contributed by atoms with E-state index in [9.17, 15) is 18.0 Å². The highest BCUT2D eigenvalue weighted by molar-refractivity contribution is 7.91. The highest BCUT2D eigenvalue weighted by Crippen LogP contribution is 2.39. The maximum Gasteiger partial charge on any atom is 0.422 e. The lowest BCUT2D eigenvalue weighted by atomic mass is 10.0. The van der Waals surface area contributed by atoms with Crippen LogP contribution in [-0.2, 0) is 46.8 Å². The number of aryl methyl sites for hydroxylation is 1. The van der Waals surface area contributed by atoms with E-state index in [-0.39, 0.29) is 32.4 Å². The summed E-state index contributed by atoms with van der Waals surface area (Å²) in [5.41, 5.74) is -0.507. The van der Waals surface area contributed by atoms with E-state index < -0.39 is 45.9 Å². The zero-order chi connectivity index (χ0) is 28.3. The molecule has 0 atom stereocenters. The molecule has 2 rings (SSSR count). The minimum atomic E-state index is -4.88. The molecular formula is C25H37FN2O9S. The van der Waals surface area contributed by atoms with Gasteiger partial charge in [0.25, 0.3) is 0 Å². The molecule has 38 heavy (non-hydrogen) atoms. The van der Waals surface area contributed by atoms with Crippen molar-refractivity contribution >= 4 is 28.0 Å². The van der Waals surface area contributed by atoms with Crippen molar-refractivity contribution in [3.63, 3.8) is 0 Å². The van der Waals surface area contributed by atoms with E-state index in [4.69, 9.17) is 23.7 Å². The molecule has 1 aliphatic rings. The molecule has 0 heterocycles. The Morgan fingerprint density at radius 2 is 1.89 bits per heavy atom. The molecular weight excluding hydrogens is 523 g/mol. The Hall–Kier alpha value is -2.90. The summed E-state index contributed by atoms with van der Waals surface area (Å²) in [6, 6.07) is 1.55. The topological polar surface area (TPSA) is 130 Å². The van der Waals surface area contributed by atoms with Crippen LogP contribution in [0.1, 0.15) is 51.2 Å². The third-order valence-electron chi connectivity index (χ3n) is 5.28. The molecule has 0 saturated carbocycles. The number of anilines is 1. The number of methoxy groups -OCH3 is 1. The van der Waals surface area contributed by atoms with E-state index in [2.05, 4.69) is 6.58 Å². The molecule has 1 amide bonds. The van der Waals surface area contributed by atoms with E-state index in [1.54, 1.807) is 31.6 Å². The number of halogens is 1. The highest BCUT2D eigenvalue weighted by atomic mass is 32.2. The third kappa shape index (κ3) is 9.44. The lowest BCUT2D eigenvalue weighted by molar-refractivity contribution is -0.152. The maximum atomic E-state index is 16.2. The average molecular weight is 561 g/mol. The van der Waals surface area contributed by atoms with Gasteiger partial charge >= 0.3 is 22.3 Å². The van der Waals surface area contributed by atoms with Crippen molar-refractivity contribution in [1.29, 1.82) is 0 Å². The van der Waals surface area contributed by atoms with E-state index >= 15 is 4.39 Å². The van der Waals surface area contributed by atoms with Crippen LogP contribution in [-0.4, -0.2) is 66.3 Å². The van der Waals surface area contributed by atoms with Gasteiger partial charge in [-0.3, -0.25) is 4.79 Å². The largest absolute Gasteiger partial charge is 0.465 e. The number of hydrogen-bond donors (Lipinski definition) is 1. The average Bonchev–Trinajstić information content (AvgIpc) is 3.06. The minimum Gasteiger partial charge on any atom is -0.465 e. The van der Waals surface area contributed by atoms with Crippen LogP contribution in [0, 0.1) is 5.82 Å². The van der Waals surface area contributed by atoms with Crippen LogP contribution in [0.25, 0.3) is 0 Å². The number of nitrogens with zero attached hydrogens (tertiary/aromatic N) is 1. The molecule has 1 aromatic carbocycles. The first-order chi connectivity index (χ1) is 17.9. The number of hydrogen-bond acceptors (Lipinski definition) is 9. The fourth-order valence-corrected chi connectivity index (χ4v) is 4.81. The van der Waals surface area contributed by atoms with Gasteiger partial charge in [-0.1, -0.05) is 19.1 Å². The molecule has 1 aromatic rings. The van der Waals surface area contributed by atoms with Crippen LogP contribution in [0.4, 0.5) is 14.9 Å². The number of carbonyl (C=O) groups excluding carboxylic acids is 2. The van der Waals surface area contributed by atoms with Crippen molar-refractivity contribution in [3.05, 3.63) is 35.7 Å². The third-order valence-corrected chi connectivity index (χ3v) is 6.60. The number of ether oxygens (including phenoxy) is 5. The van der Waals surface area contributed by atoms with E-state index in [0.29, 0.717) is 34.7 Å². The first-order valence-corrected chi connectivity index (χ1v) is 13.7. The van der Waals surface area contributed by atoms with Gasteiger partial charge in [-0.2, -0.15) is 8.42 Å². The maximum absolute atomic E-state index is 16.2. The Morgan fingerprint density at radius 3 is 2.55 bits per heavy atom. The summed E-state index contributed by atoms with van der Waals surface area (Å²) in [6.07, 6.45) is 3.25. The summed E-state index contributed by atoms with van der Waals surface area (Å²) in [5.74, 6) is -2.02. The van der Waals surface area contributed by atoms with Gasteiger partial charge in [0.1, 0.15) is 30.2 Å². The predicted molar refractivity (Wildman–Crippen MR) is 138 cm³/mol. The molecule has 0 aromatic heterocycles. The number of nitrogens with one attached hydrogen (secondary N) is 1. The molecule has 0 spiro atoms. The minimum absolute atomic E-state index is 0.172. The van der Waals surface area contributed by atoms with Gasteiger partial charge in [0.15, 0.2) is 12.6 Å². The quantitative estimate of drug-likeness (QED) is 0.127. The summed E-state index contributed by atoms with van der Waals surface area (Å²) in [4.78, 5) is 24.9. The normalized spacial score (nSPS) is 13.6. The van der Waals surface area contributed by atoms with Crippen LogP contribution in [0.2, 0.25) is 0 Å². The molecule has 1 N–H and O–H groups in total. The summed E-state index contributed by atoms with van der Waals surface area (Å²) < 4.78 is 71.0. The standard InChI is InChI=1S/C25H37FN2O9S/c1-6-12-35-24(30)27-38(31,32)28(16-21(29)37-25(2,3)4)23-20(36-17-34-14-13-33-5)15-18-10-8-7-9-11-19(18)22(23)26/h6,15H,1,7-14,16-17H2,2-5H3,(H,27,30). The van der Waals surface area contributed by atoms with E-state index in [1.807, 2.05) is 0 Å². The molecule has 0 saturated heterocycles. The lowest BCUT2D eigenvalue weighted by Crippen LogP contribution is -2.47.